The van der Waals surface area contributed by atoms with Crippen LogP contribution in [-0.2, 0) is 100.0 Å². The molecule has 6 rings (SSSR count). The maximum atomic E-state index is 13.7. The van der Waals surface area contributed by atoms with Gasteiger partial charge in [-0.15, -0.1) is 0 Å². The Morgan fingerprint density at radius 2 is 0.654 bits per heavy atom. The number of ether oxygens (including phenoxy) is 12. The van der Waals surface area contributed by atoms with Crippen molar-refractivity contribution in [2.24, 2.45) is 11.7 Å². The molecule has 54 heteroatoms. The number of ketones is 1. The van der Waals surface area contributed by atoms with Crippen molar-refractivity contribution >= 4 is 53.0 Å². The summed E-state index contributed by atoms with van der Waals surface area (Å²) in [4.78, 5) is 118. The van der Waals surface area contributed by atoms with Gasteiger partial charge in [0.2, 0.25) is 47.3 Å². The van der Waals surface area contributed by atoms with Crippen LogP contribution < -0.4 is 53.8 Å². The summed E-state index contributed by atoms with van der Waals surface area (Å²) in [5, 5.41) is 231. The van der Waals surface area contributed by atoms with Crippen LogP contribution in [0, 0.1) is 5.92 Å². The van der Waals surface area contributed by atoms with Gasteiger partial charge in [0.15, 0.2) is 37.7 Å². The Hall–Kier alpha value is -6.05. The van der Waals surface area contributed by atoms with E-state index in [0.29, 0.717) is 64.5 Å². The Morgan fingerprint density at radius 1 is 0.331 bits per heavy atom. The highest BCUT2D eigenvalue weighted by Gasteiger charge is 2.50. The number of hydrogen-bond acceptors (Lipinski definition) is 46. The molecule has 6 aliphatic heterocycles. The predicted molar refractivity (Wildman–Crippen MR) is 461 cm³/mol. The molecule has 6 fully saturated rings. The molecule has 790 valence electrons. The Kier molecular flexibility index (Phi) is 56.5. The summed E-state index contributed by atoms with van der Waals surface area (Å²) in [7, 11) is 0. The molecule has 6 aliphatic rings. The molecule has 0 saturated carbocycles. The van der Waals surface area contributed by atoms with Crippen LogP contribution >= 0.6 is 0 Å². The molecule has 0 aromatic rings. The highest BCUT2D eigenvalue weighted by molar-refractivity contribution is 5.85. The third-order valence-corrected chi connectivity index (χ3v) is 23.1. The largest absolute Gasteiger partial charge is 0.394 e. The minimum Gasteiger partial charge on any atom is -0.394 e. The monoisotopic (exact) mass is 1970 g/mol. The van der Waals surface area contributed by atoms with Gasteiger partial charge in [-0.25, -0.2) is 5.43 Å². The van der Waals surface area contributed by atoms with Crippen LogP contribution in [0.5, 0.6) is 0 Å². The maximum Gasteiger partial charge on any atom is 0.234 e. The predicted octanol–water partition coefficient (Wildman–Crippen LogP) is -16.0. The number of aliphatic hydroxyl groups excluding tert-OH is 21. The highest BCUT2D eigenvalue weighted by atomic mass is 16.7. The minimum absolute atomic E-state index is 0.0450. The van der Waals surface area contributed by atoms with E-state index in [4.69, 9.17) is 62.6 Å². The topological polar surface area (TPSA) is 830 Å². The lowest BCUT2D eigenvalue weighted by molar-refractivity contribution is -0.304. The Labute approximate surface area is 786 Å². The van der Waals surface area contributed by atoms with E-state index in [9.17, 15) is 150 Å². The van der Waals surface area contributed by atoms with Gasteiger partial charge < -0.3 is 207 Å². The summed E-state index contributed by atoms with van der Waals surface area (Å²) in [5.41, 5.74) is 10.9. The lowest BCUT2D eigenvalue weighted by atomic mass is 9.93. The van der Waals surface area contributed by atoms with Crippen molar-refractivity contribution in [2.75, 3.05) is 145 Å². The zero-order chi connectivity index (χ0) is 101. The first kappa shape index (κ1) is 120. The van der Waals surface area contributed by atoms with E-state index in [0.717, 1.165) is 12.8 Å². The summed E-state index contributed by atoms with van der Waals surface area (Å²) in [6.45, 7) is 1.40. The number of hydrazine groups is 1. The van der Waals surface area contributed by atoms with Crippen LogP contribution in [0.3, 0.4) is 0 Å². The van der Waals surface area contributed by atoms with Crippen LogP contribution in [0.15, 0.2) is 0 Å². The molecule has 0 aliphatic carbocycles. The number of unbranched alkanes of at least 4 members (excludes halogenated alkanes) is 5. The van der Waals surface area contributed by atoms with Gasteiger partial charge in [0.25, 0.3) is 0 Å². The van der Waals surface area contributed by atoms with E-state index in [1.807, 2.05) is 6.92 Å². The Bertz CT molecular complexity index is 3460. The van der Waals surface area contributed by atoms with Crippen LogP contribution in [0.4, 0.5) is 0 Å². The Balaban J connectivity index is 0.000000484. The quantitative estimate of drug-likeness (QED) is 0.0199. The number of carbonyl (C=O) groups excluding carboxylic acids is 9. The van der Waals surface area contributed by atoms with Crippen LogP contribution in [0.1, 0.15) is 118 Å². The van der Waals surface area contributed by atoms with Crippen LogP contribution in [0.25, 0.3) is 0 Å². The van der Waals surface area contributed by atoms with Gasteiger partial charge in [0, 0.05) is 51.5 Å². The number of aliphatic hydroxyl groups is 21. The van der Waals surface area contributed by atoms with Crippen molar-refractivity contribution in [1.29, 1.82) is 0 Å². The van der Waals surface area contributed by atoms with Crippen molar-refractivity contribution in [3.8, 4) is 0 Å². The van der Waals surface area contributed by atoms with Crippen LogP contribution in [-0.4, -0.2) is 511 Å². The second kappa shape index (κ2) is 63.8. The first-order chi connectivity index (χ1) is 64.6. The fraction of sp³-hybridized carbons (Fsp3) is 0.890. The van der Waals surface area contributed by atoms with Gasteiger partial charge in [-0.1, -0.05) is 26.2 Å². The maximum absolute atomic E-state index is 13.7. The standard InChI is InChI=1S/C44H81N7O21.C38H69N5O21/c1-23-34(59)35(60)25(3)70-42(23)68-16-14-47-32(57)18-51(17-31(56)46-13-8-4-5-10-30(55)50-49-27(24(2)54)9-6-7-12-45)19-33(58)48-26(22-69-44-41(66)39(64)37(62)29(21-53)72-44)11-15-67-43-40(65)38(63)36(61)28(20-52)71-43;1-3-39-23(46)7-5-4-6-9-40-24(47)13-43(14-25(48)41-10-12-60-36-33(56)30(53)27(50)19(2)62-36)15-26(49)42-20(18-61-38-35(58)32(55)29(52)22(17-45)64-38)8-11-59-37-34(57)31(54)28(51)21(16-44)63-37/h23,25-29,34-44,49,52-53,59-66H,4-22,45H2,1-3H3,(H,46,56)(H,47,57)(H,48,58)(H,50,55);19-22,27-38,44-45,50-58H,3-18H2,1-2H3,(H,39,46)(H,40,47)(H,41,48)(H,42,49)/t23-,25-,26?,27-,28+,29+,34-,35+,36+,37+,38-,39-,40-,41-,42+,43-,44-;19-,20+,21+,22+,27+,28+,29+,30+,31-,32-,33-,34-,35-,36+,37-,38-/m00/s1. The van der Waals surface area contributed by atoms with Gasteiger partial charge in [-0.3, -0.25) is 58.4 Å². The SMILES string of the molecule is CC(=O)[C@H](CCCCN)NNC(=O)CCCCCNC(=O)CN(CC(=O)NCCO[C@@H]1O[C@@H](C)[C@@H](O)[C@@H](O)[C@@H]1C)CC(=O)NC(CCO[C@H]1O[C@H](CO)[C@@H](O)[C@H](O)[C@@H]1O)CO[C@H]1O[C@H](CO)[C@@H](O)[C@H](O)[C@@H]1O.CCNC(=O)CCCCCNC(=O)CN(CC(=O)NCCO[C@@H]1O[C@@H](C)[C@@H](O)[C@@H](O)[C@@H]1O)CC(=O)N[C@H](CCO[C@H]1O[C@H](CO)[C@@H](O)[C@H](O)[C@@H]1O)CO[C@H]1O[C@H](CO)[C@@H](O)[C@H](O)[C@@H]1O. The average molecular weight is 1980 g/mol. The van der Waals surface area contributed by atoms with Gasteiger partial charge in [-0.05, 0) is 85.6 Å². The number of nitrogens with zero attached hydrogens (tertiary/aromatic N) is 2. The van der Waals surface area contributed by atoms with Gasteiger partial charge in [0.05, 0.1) is 142 Å². The highest BCUT2D eigenvalue weighted by Crippen LogP contribution is 2.30. The second-order valence-electron chi connectivity index (χ2n) is 34.2. The average Bonchev–Trinajstić information content (AvgIpc) is 0.836. The summed E-state index contributed by atoms with van der Waals surface area (Å²) >= 11 is 0. The number of nitrogens with two attached hydrogens (primary N) is 1. The molecule has 0 aromatic heterocycles. The molecule has 33 atom stereocenters. The number of Topliss-reactive ketones (excluding diaryl/α,β-unsaturated/α-hetero) is 1. The van der Waals surface area contributed by atoms with Crippen molar-refractivity contribution in [2.45, 2.75) is 314 Å². The molecular formula is C82H150N12O42. The smallest absolute Gasteiger partial charge is 0.234 e. The summed E-state index contributed by atoms with van der Waals surface area (Å²) in [5.74, 6) is -4.98. The molecule has 8 amide bonds. The van der Waals surface area contributed by atoms with Gasteiger partial charge in [0.1, 0.15) is 128 Å². The minimum atomic E-state index is -1.80. The normalized spacial score (nSPS) is 32.6. The molecule has 32 N–H and O–H groups in total. The molecule has 6 saturated heterocycles. The zero-order valence-corrected chi connectivity index (χ0v) is 77.2. The third kappa shape index (κ3) is 40.8. The number of carbonyl (C=O) groups is 9. The first-order valence-corrected chi connectivity index (χ1v) is 45.9. The Morgan fingerprint density at radius 3 is 1.02 bits per heavy atom. The summed E-state index contributed by atoms with van der Waals surface area (Å²) in [6.07, 6.45) is -37.2. The number of nitrogens with one attached hydrogen (secondary N) is 9. The first-order valence-electron chi connectivity index (χ1n) is 45.9. The zero-order valence-electron chi connectivity index (χ0n) is 77.2. The van der Waals surface area contributed by atoms with E-state index in [1.165, 1.54) is 23.6 Å². The fourth-order valence-corrected chi connectivity index (χ4v) is 14.9. The van der Waals surface area contributed by atoms with Crippen molar-refractivity contribution in [3.05, 3.63) is 0 Å². The van der Waals surface area contributed by atoms with Crippen molar-refractivity contribution in [1.82, 2.24) is 57.9 Å². The fourth-order valence-electron chi connectivity index (χ4n) is 14.9. The molecule has 6 heterocycles. The molecule has 0 aromatic carbocycles. The molecule has 0 bridgehead atoms. The number of hydrogen-bond donors (Lipinski definition) is 31. The van der Waals surface area contributed by atoms with E-state index < -0.39 is 317 Å². The summed E-state index contributed by atoms with van der Waals surface area (Å²) < 4.78 is 66.2. The lowest BCUT2D eigenvalue weighted by Crippen LogP contribution is -2.60. The van der Waals surface area contributed by atoms with Gasteiger partial charge >= 0.3 is 0 Å². The van der Waals surface area contributed by atoms with E-state index in [-0.39, 0.29) is 89.5 Å². The molecule has 0 radical (unpaired) electrons. The number of rotatable bonds is 60. The molecule has 54 nitrogen and oxygen atoms in total. The number of amides is 8. The van der Waals surface area contributed by atoms with Crippen molar-refractivity contribution < 1.29 is 207 Å². The van der Waals surface area contributed by atoms with E-state index in [2.05, 4.69) is 48.1 Å². The van der Waals surface area contributed by atoms with E-state index in [1.54, 1.807) is 13.8 Å². The summed E-state index contributed by atoms with van der Waals surface area (Å²) in [6, 6.07) is -2.64. The van der Waals surface area contributed by atoms with Crippen LogP contribution in [0.2, 0.25) is 0 Å². The third-order valence-electron chi connectivity index (χ3n) is 23.1. The van der Waals surface area contributed by atoms with E-state index >= 15 is 0 Å². The molecule has 0 spiro atoms. The molecular weight excluding hydrogens is 1820 g/mol. The molecule has 136 heavy (non-hydrogen) atoms. The van der Waals surface area contributed by atoms with Gasteiger partial charge in [-0.2, -0.15) is 0 Å². The second-order valence-corrected chi connectivity index (χ2v) is 34.2. The molecule has 1 unspecified atom stereocenters. The van der Waals surface area contributed by atoms with Crippen molar-refractivity contribution in [3.63, 3.8) is 0 Å². The lowest BCUT2D eigenvalue weighted by Gasteiger charge is -2.40.